The average Bonchev–Trinajstić information content (AvgIpc) is 3.45. The summed E-state index contributed by atoms with van der Waals surface area (Å²) in [6, 6.07) is 6.76. The van der Waals surface area contributed by atoms with Gasteiger partial charge in [-0.15, -0.1) is 24.8 Å². The molecule has 4 rings (SSSR count). The zero-order chi connectivity index (χ0) is 17.6. The predicted octanol–water partition coefficient (Wildman–Crippen LogP) is 4.40. The molecule has 1 atom stereocenters. The van der Waals surface area contributed by atoms with Gasteiger partial charge in [0.1, 0.15) is 0 Å². The summed E-state index contributed by atoms with van der Waals surface area (Å²) in [7, 11) is 1.98. The maximum atomic E-state index is 13.4. The highest BCUT2D eigenvalue weighted by atomic mass is 35.5. The van der Waals surface area contributed by atoms with Gasteiger partial charge in [0.2, 0.25) is 0 Å². The molecule has 2 heterocycles. The van der Waals surface area contributed by atoms with Gasteiger partial charge in [-0.1, -0.05) is 11.6 Å². The van der Waals surface area contributed by atoms with E-state index < -0.39 is 0 Å². The van der Waals surface area contributed by atoms with E-state index in [-0.39, 0.29) is 30.7 Å². The fraction of sp³-hybridized carbons (Fsp3) is 0.524. The van der Waals surface area contributed by atoms with Gasteiger partial charge < -0.3 is 10.2 Å². The van der Waals surface area contributed by atoms with Crippen molar-refractivity contribution in [2.45, 2.75) is 51.5 Å². The number of hydrogen-bond donors (Lipinski definition) is 1. The first-order valence-corrected chi connectivity index (χ1v) is 9.45. The number of benzene rings is 1. The summed E-state index contributed by atoms with van der Waals surface area (Å²) >= 11 is 0. The van der Waals surface area contributed by atoms with Crippen LogP contribution < -0.4 is 5.32 Å². The van der Waals surface area contributed by atoms with Crippen LogP contribution >= 0.6 is 24.8 Å². The maximum Gasteiger partial charge on any atom is 0.254 e. The van der Waals surface area contributed by atoms with E-state index in [2.05, 4.69) is 37.4 Å². The number of carbonyl (C=O) groups excluding carboxylic acids is 1. The fourth-order valence-electron chi connectivity index (χ4n) is 4.03. The second-order valence-corrected chi connectivity index (χ2v) is 7.73. The summed E-state index contributed by atoms with van der Waals surface area (Å²) in [6.45, 7) is 5.84. The summed E-state index contributed by atoms with van der Waals surface area (Å²) in [5, 5.41) is 4.34. The summed E-state index contributed by atoms with van der Waals surface area (Å²) in [5.41, 5.74) is 5.30. The summed E-state index contributed by atoms with van der Waals surface area (Å²) in [4.78, 5) is 20.3. The van der Waals surface area contributed by atoms with Gasteiger partial charge in [-0.05, 0) is 64.3 Å². The van der Waals surface area contributed by atoms with Gasteiger partial charge >= 0.3 is 0 Å². The third-order valence-corrected chi connectivity index (χ3v) is 5.61. The number of aromatic nitrogens is 1. The monoisotopic (exact) mass is 409 g/mol. The minimum Gasteiger partial charge on any atom is -0.337 e. The molecule has 2 fully saturated rings. The Morgan fingerprint density at radius 1 is 1.15 bits per heavy atom. The van der Waals surface area contributed by atoms with Crippen LogP contribution in [0.2, 0.25) is 0 Å². The topological polar surface area (TPSA) is 45.2 Å². The van der Waals surface area contributed by atoms with E-state index in [0.717, 1.165) is 48.1 Å². The number of halogens is 2. The van der Waals surface area contributed by atoms with Crippen molar-refractivity contribution >= 4 is 41.6 Å². The number of hydrogen-bond acceptors (Lipinski definition) is 3. The van der Waals surface area contributed by atoms with Gasteiger partial charge in [-0.3, -0.25) is 9.78 Å². The van der Waals surface area contributed by atoms with Crippen molar-refractivity contribution < 1.29 is 4.79 Å². The molecular weight excluding hydrogens is 381 g/mol. The molecule has 6 heteroatoms. The Morgan fingerprint density at radius 2 is 1.89 bits per heavy atom. The molecular formula is C21H29Cl2N3O. The Bertz CT molecular complexity index is 836. The molecule has 1 unspecified atom stereocenters. The molecule has 4 nitrogen and oxygen atoms in total. The zero-order valence-corrected chi connectivity index (χ0v) is 17.9. The number of fused-ring (bicyclic) bond motifs is 1. The second-order valence-electron chi connectivity index (χ2n) is 7.73. The lowest BCUT2D eigenvalue weighted by molar-refractivity contribution is 0.0700. The van der Waals surface area contributed by atoms with Crippen molar-refractivity contribution in [1.82, 2.24) is 15.2 Å². The Hall–Kier alpha value is -1.36. The van der Waals surface area contributed by atoms with Gasteiger partial charge in [0.15, 0.2) is 0 Å². The van der Waals surface area contributed by atoms with Gasteiger partial charge in [0, 0.05) is 36.1 Å². The van der Waals surface area contributed by atoms with Crippen LogP contribution in [0.4, 0.5) is 0 Å². The fourth-order valence-corrected chi connectivity index (χ4v) is 4.03. The van der Waals surface area contributed by atoms with Gasteiger partial charge in [-0.2, -0.15) is 0 Å². The van der Waals surface area contributed by atoms with Crippen LogP contribution in [0.15, 0.2) is 18.2 Å². The number of likely N-dealkylation sites (tertiary alicyclic amines) is 1. The molecule has 1 amide bonds. The SMILES string of the molecule is CNC1CCCN(C(=O)c2cc(C3CC3)nc3c(C)cc(C)cc23)C1.Cl.Cl. The number of amides is 1. The molecule has 1 aliphatic heterocycles. The van der Waals surface area contributed by atoms with Crippen molar-refractivity contribution in [3.63, 3.8) is 0 Å². The van der Waals surface area contributed by atoms with Crippen LogP contribution in [0.3, 0.4) is 0 Å². The Morgan fingerprint density at radius 3 is 2.56 bits per heavy atom. The molecule has 0 spiro atoms. The van der Waals surface area contributed by atoms with Crippen LogP contribution in [0.1, 0.15) is 58.8 Å². The van der Waals surface area contributed by atoms with Crippen molar-refractivity contribution in [2.24, 2.45) is 0 Å². The number of carbonyl (C=O) groups is 1. The lowest BCUT2D eigenvalue weighted by Gasteiger charge is -2.33. The Labute approximate surface area is 173 Å². The van der Waals surface area contributed by atoms with Gasteiger partial charge in [0.25, 0.3) is 5.91 Å². The highest BCUT2D eigenvalue weighted by Crippen LogP contribution is 2.40. The van der Waals surface area contributed by atoms with E-state index in [1.54, 1.807) is 0 Å². The van der Waals surface area contributed by atoms with E-state index >= 15 is 0 Å². The summed E-state index contributed by atoms with van der Waals surface area (Å²) < 4.78 is 0. The minimum absolute atomic E-state index is 0. The van der Waals surface area contributed by atoms with Crippen LogP contribution in [-0.4, -0.2) is 42.0 Å². The van der Waals surface area contributed by atoms with Crippen molar-refractivity contribution in [3.8, 4) is 0 Å². The standard InChI is InChI=1S/C21H27N3O.2ClH/c1-13-9-14(2)20-17(10-13)18(11-19(23-20)15-6-7-15)21(25)24-8-4-5-16(12-24)22-3;;/h9-11,15-16,22H,4-8,12H2,1-3H3;2*1H. The maximum absolute atomic E-state index is 13.4. The van der Waals surface area contributed by atoms with E-state index in [0.29, 0.717) is 12.0 Å². The van der Waals surface area contributed by atoms with Crippen molar-refractivity contribution in [2.75, 3.05) is 20.1 Å². The molecule has 1 saturated carbocycles. The van der Waals surface area contributed by atoms with Crippen LogP contribution in [0.25, 0.3) is 10.9 Å². The molecule has 27 heavy (non-hydrogen) atoms. The van der Waals surface area contributed by atoms with Gasteiger partial charge in [-0.25, -0.2) is 0 Å². The quantitative estimate of drug-likeness (QED) is 0.816. The number of likely N-dealkylation sites (N-methyl/N-ethyl adjacent to an activating group) is 1. The molecule has 1 aromatic carbocycles. The third-order valence-electron chi connectivity index (χ3n) is 5.61. The minimum atomic E-state index is 0. The molecule has 1 aliphatic carbocycles. The smallest absolute Gasteiger partial charge is 0.254 e. The van der Waals surface area contributed by atoms with Crippen molar-refractivity contribution in [3.05, 3.63) is 40.6 Å². The number of piperidine rings is 1. The molecule has 0 bridgehead atoms. The summed E-state index contributed by atoms with van der Waals surface area (Å²) in [6.07, 6.45) is 4.60. The van der Waals surface area contributed by atoms with E-state index in [1.165, 1.54) is 24.0 Å². The number of nitrogens with zero attached hydrogens (tertiary/aromatic N) is 2. The average molecular weight is 410 g/mol. The van der Waals surface area contributed by atoms with Crippen molar-refractivity contribution in [1.29, 1.82) is 0 Å². The highest BCUT2D eigenvalue weighted by molar-refractivity contribution is 6.07. The molecule has 2 aliphatic rings. The van der Waals surface area contributed by atoms with Crippen LogP contribution in [-0.2, 0) is 0 Å². The number of aryl methyl sites for hydroxylation is 2. The third kappa shape index (κ3) is 4.39. The molecule has 1 N–H and O–H groups in total. The Balaban J connectivity index is 0.00000131. The number of rotatable bonds is 3. The largest absolute Gasteiger partial charge is 0.337 e. The zero-order valence-electron chi connectivity index (χ0n) is 16.2. The number of pyridine rings is 1. The highest BCUT2D eigenvalue weighted by Gasteiger charge is 2.29. The summed E-state index contributed by atoms with van der Waals surface area (Å²) in [5.74, 6) is 0.710. The molecule has 148 valence electrons. The predicted molar refractivity (Wildman–Crippen MR) is 116 cm³/mol. The molecule has 0 radical (unpaired) electrons. The Kier molecular flexibility index (Phi) is 7.12. The number of nitrogens with one attached hydrogen (secondary N) is 1. The normalized spacial score (nSPS) is 19.4. The molecule has 1 aromatic heterocycles. The van der Waals surface area contributed by atoms with Crippen LogP contribution in [0.5, 0.6) is 0 Å². The second kappa shape index (κ2) is 8.76. The lowest BCUT2D eigenvalue weighted by Crippen LogP contribution is -2.47. The van der Waals surface area contributed by atoms with E-state index in [9.17, 15) is 4.79 Å². The van der Waals surface area contributed by atoms with Gasteiger partial charge in [0.05, 0.1) is 11.1 Å². The first kappa shape index (κ1) is 21.9. The molecule has 2 aromatic rings. The molecule has 1 saturated heterocycles. The first-order chi connectivity index (χ1) is 12.1. The van der Waals surface area contributed by atoms with E-state index in [1.807, 2.05) is 11.9 Å². The first-order valence-electron chi connectivity index (χ1n) is 9.45. The lowest BCUT2D eigenvalue weighted by atomic mass is 9.98. The van der Waals surface area contributed by atoms with E-state index in [4.69, 9.17) is 4.98 Å². The van der Waals surface area contributed by atoms with Crippen LogP contribution in [0, 0.1) is 13.8 Å².